The Morgan fingerprint density at radius 2 is 2.04 bits per heavy atom. The van der Waals surface area contributed by atoms with Gasteiger partial charge in [0.2, 0.25) is 10.0 Å². The van der Waals surface area contributed by atoms with E-state index in [0.29, 0.717) is 0 Å². The number of halogens is 2. The summed E-state index contributed by atoms with van der Waals surface area (Å²) in [4.78, 5) is 2.13. The van der Waals surface area contributed by atoms with E-state index < -0.39 is 15.8 Å². The summed E-state index contributed by atoms with van der Waals surface area (Å²) in [6, 6.07) is 6.80. The Bertz CT molecular complexity index is 790. The number of hydrogen-bond donors (Lipinski definition) is 1. The summed E-state index contributed by atoms with van der Waals surface area (Å²) in [5.41, 5.74) is 0. The predicted molar refractivity (Wildman–Crippen MR) is 88.9 cm³/mol. The Balaban J connectivity index is 1.76. The summed E-state index contributed by atoms with van der Waals surface area (Å²) in [6.45, 7) is 1.97. The van der Waals surface area contributed by atoms with Crippen LogP contribution in [-0.4, -0.2) is 33.0 Å². The number of nitrogens with zero attached hydrogens (tertiary/aromatic N) is 1. The van der Waals surface area contributed by atoms with Crippen LogP contribution in [0.2, 0.25) is 5.02 Å². The van der Waals surface area contributed by atoms with Crippen molar-refractivity contribution < 1.29 is 17.2 Å². The molecule has 1 unspecified atom stereocenters. The van der Waals surface area contributed by atoms with Crippen molar-refractivity contribution >= 4 is 21.6 Å². The molecule has 1 fully saturated rings. The van der Waals surface area contributed by atoms with Crippen LogP contribution in [0.1, 0.15) is 24.6 Å². The number of rotatable bonds is 6. The minimum absolute atomic E-state index is 0.0616. The largest absolute Gasteiger partial charge is 0.468 e. The van der Waals surface area contributed by atoms with Gasteiger partial charge in [0.25, 0.3) is 0 Å². The molecule has 0 aliphatic carbocycles. The fraction of sp³-hybridized carbons (Fsp3) is 0.375. The number of benzene rings is 1. The second-order valence-electron chi connectivity index (χ2n) is 5.70. The van der Waals surface area contributed by atoms with Gasteiger partial charge >= 0.3 is 0 Å². The van der Waals surface area contributed by atoms with Gasteiger partial charge in [0, 0.05) is 6.54 Å². The Hall–Kier alpha value is -1.41. The lowest BCUT2D eigenvalue weighted by molar-refractivity contribution is 0.216. The Morgan fingerprint density at radius 1 is 1.29 bits per heavy atom. The molecule has 1 aromatic carbocycles. The molecule has 1 atom stereocenters. The zero-order valence-electron chi connectivity index (χ0n) is 12.9. The third kappa shape index (κ3) is 3.80. The SMILES string of the molecule is O=S(=O)(NCC(c1ccco1)N1CCCC1)c1ccc(F)c(Cl)c1. The highest BCUT2D eigenvalue weighted by atomic mass is 35.5. The maximum absolute atomic E-state index is 13.2. The molecule has 130 valence electrons. The molecular formula is C16H18ClFN2O3S. The lowest BCUT2D eigenvalue weighted by Gasteiger charge is -2.26. The molecule has 2 aromatic rings. The molecule has 5 nitrogen and oxygen atoms in total. The van der Waals surface area contributed by atoms with E-state index in [4.69, 9.17) is 16.0 Å². The minimum Gasteiger partial charge on any atom is -0.468 e. The third-order valence-corrected chi connectivity index (χ3v) is 5.83. The van der Waals surface area contributed by atoms with Crippen molar-refractivity contribution in [3.8, 4) is 0 Å². The summed E-state index contributed by atoms with van der Waals surface area (Å²) in [7, 11) is -3.78. The summed E-state index contributed by atoms with van der Waals surface area (Å²) in [5.74, 6) is 0.0675. The van der Waals surface area contributed by atoms with Crippen LogP contribution in [0.4, 0.5) is 4.39 Å². The van der Waals surface area contributed by atoms with Gasteiger partial charge in [-0.1, -0.05) is 11.6 Å². The van der Waals surface area contributed by atoms with E-state index in [1.807, 2.05) is 6.07 Å². The highest BCUT2D eigenvalue weighted by molar-refractivity contribution is 7.89. The van der Waals surface area contributed by atoms with Gasteiger partial charge in [-0.2, -0.15) is 0 Å². The Labute approximate surface area is 145 Å². The standard InChI is InChI=1S/C16H18ClFN2O3S/c17-13-10-12(5-6-14(13)18)24(21,22)19-11-15(16-4-3-9-23-16)20-7-1-2-8-20/h3-6,9-10,15,19H,1-2,7-8,11H2. The first-order chi connectivity index (χ1) is 11.5. The molecule has 24 heavy (non-hydrogen) atoms. The van der Waals surface area contributed by atoms with Crippen molar-refractivity contribution in [1.29, 1.82) is 0 Å². The monoisotopic (exact) mass is 372 g/mol. The number of hydrogen-bond acceptors (Lipinski definition) is 4. The van der Waals surface area contributed by atoms with E-state index in [0.717, 1.165) is 43.8 Å². The van der Waals surface area contributed by atoms with Crippen LogP contribution in [0.3, 0.4) is 0 Å². The van der Waals surface area contributed by atoms with Crippen LogP contribution < -0.4 is 4.72 Å². The topological polar surface area (TPSA) is 62.6 Å². The molecule has 0 amide bonds. The normalized spacial score (nSPS) is 17.2. The number of furan rings is 1. The first-order valence-electron chi connectivity index (χ1n) is 7.69. The molecule has 0 saturated carbocycles. The molecule has 0 bridgehead atoms. The molecule has 1 N–H and O–H groups in total. The Kier molecular flexibility index (Phi) is 5.24. The molecule has 0 radical (unpaired) electrons. The van der Waals surface area contributed by atoms with Crippen LogP contribution in [0.15, 0.2) is 45.9 Å². The number of likely N-dealkylation sites (tertiary alicyclic amines) is 1. The quantitative estimate of drug-likeness (QED) is 0.845. The molecule has 0 spiro atoms. The molecule has 3 rings (SSSR count). The van der Waals surface area contributed by atoms with Crippen LogP contribution in [0.25, 0.3) is 0 Å². The summed E-state index contributed by atoms with van der Waals surface area (Å²) >= 11 is 5.68. The van der Waals surface area contributed by atoms with Crippen molar-refractivity contribution in [3.05, 3.63) is 53.2 Å². The highest BCUT2D eigenvalue weighted by Crippen LogP contribution is 2.26. The molecule has 8 heteroatoms. The van der Waals surface area contributed by atoms with Gasteiger partial charge in [-0.15, -0.1) is 0 Å². The van der Waals surface area contributed by atoms with Gasteiger partial charge in [0.1, 0.15) is 11.6 Å². The third-order valence-electron chi connectivity index (χ3n) is 4.12. The average Bonchev–Trinajstić information content (AvgIpc) is 3.24. The first-order valence-corrected chi connectivity index (χ1v) is 9.56. The molecule has 1 saturated heterocycles. The van der Waals surface area contributed by atoms with Gasteiger partial charge in [0.15, 0.2) is 0 Å². The smallest absolute Gasteiger partial charge is 0.240 e. The molecule has 2 heterocycles. The van der Waals surface area contributed by atoms with Crippen LogP contribution in [0.5, 0.6) is 0 Å². The number of nitrogens with one attached hydrogen (secondary N) is 1. The second kappa shape index (κ2) is 7.23. The van der Waals surface area contributed by atoms with Crippen LogP contribution in [0, 0.1) is 5.82 Å². The number of sulfonamides is 1. The predicted octanol–water partition coefficient (Wildman–Crippen LogP) is 3.19. The summed E-state index contributed by atoms with van der Waals surface area (Å²) in [5, 5.41) is -0.222. The lowest BCUT2D eigenvalue weighted by atomic mass is 10.2. The minimum atomic E-state index is -3.78. The zero-order chi connectivity index (χ0) is 17.2. The van der Waals surface area contributed by atoms with E-state index in [-0.39, 0.29) is 22.5 Å². The maximum atomic E-state index is 13.2. The van der Waals surface area contributed by atoms with E-state index >= 15 is 0 Å². The summed E-state index contributed by atoms with van der Waals surface area (Å²) < 4.78 is 46.2. The first kappa shape index (κ1) is 17.4. The van der Waals surface area contributed by atoms with Gasteiger partial charge < -0.3 is 4.42 Å². The van der Waals surface area contributed by atoms with Crippen molar-refractivity contribution in [2.45, 2.75) is 23.8 Å². The van der Waals surface area contributed by atoms with Crippen molar-refractivity contribution in [3.63, 3.8) is 0 Å². The van der Waals surface area contributed by atoms with E-state index in [1.165, 1.54) is 6.07 Å². The fourth-order valence-electron chi connectivity index (χ4n) is 2.86. The van der Waals surface area contributed by atoms with Gasteiger partial charge in [-0.05, 0) is 56.3 Å². The van der Waals surface area contributed by atoms with Gasteiger partial charge in [-0.3, -0.25) is 4.90 Å². The molecule has 1 aliphatic heterocycles. The van der Waals surface area contributed by atoms with Gasteiger partial charge in [0.05, 0.1) is 22.2 Å². The summed E-state index contributed by atoms with van der Waals surface area (Å²) in [6.07, 6.45) is 3.74. The molecule has 1 aliphatic rings. The zero-order valence-corrected chi connectivity index (χ0v) is 14.5. The van der Waals surface area contributed by atoms with Crippen molar-refractivity contribution in [2.75, 3.05) is 19.6 Å². The van der Waals surface area contributed by atoms with Crippen molar-refractivity contribution in [1.82, 2.24) is 9.62 Å². The maximum Gasteiger partial charge on any atom is 0.240 e. The van der Waals surface area contributed by atoms with Crippen molar-refractivity contribution in [2.24, 2.45) is 0 Å². The fourth-order valence-corrected chi connectivity index (χ4v) is 4.17. The average molecular weight is 373 g/mol. The molecular weight excluding hydrogens is 355 g/mol. The molecule has 1 aromatic heterocycles. The van der Waals surface area contributed by atoms with Crippen LogP contribution >= 0.6 is 11.6 Å². The van der Waals surface area contributed by atoms with E-state index in [9.17, 15) is 12.8 Å². The Morgan fingerprint density at radius 3 is 2.67 bits per heavy atom. The highest BCUT2D eigenvalue weighted by Gasteiger charge is 2.27. The lowest BCUT2D eigenvalue weighted by Crippen LogP contribution is -2.36. The van der Waals surface area contributed by atoms with E-state index in [2.05, 4.69) is 9.62 Å². The van der Waals surface area contributed by atoms with E-state index in [1.54, 1.807) is 12.3 Å². The van der Waals surface area contributed by atoms with Crippen LogP contribution in [-0.2, 0) is 10.0 Å². The van der Waals surface area contributed by atoms with Gasteiger partial charge in [-0.25, -0.2) is 17.5 Å². The second-order valence-corrected chi connectivity index (χ2v) is 7.88.